The Morgan fingerprint density at radius 1 is 1.35 bits per heavy atom. The number of aromatic nitrogens is 3. The molecule has 4 heteroatoms. The van der Waals surface area contributed by atoms with Crippen molar-refractivity contribution in [2.24, 2.45) is 12.5 Å². The summed E-state index contributed by atoms with van der Waals surface area (Å²) in [6.45, 7) is 6.43. The highest BCUT2D eigenvalue weighted by molar-refractivity contribution is 5.99. The molecule has 1 aliphatic carbocycles. The van der Waals surface area contributed by atoms with Gasteiger partial charge in [0.05, 0.1) is 11.4 Å². The predicted octanol–water partition coefficient (Wildman–Crippen LogP) is 2.93. The first-order valence-electron chi connectivity index (χ1n) is 7.17. The number of carbonyl (C=O) groups is 1. The highest BCUT2D eigenvalue weighted by atomic mass is 16.1. The molecule has 2 heterocycles. The summed E-state index contributed by atoms with van der Waals surface area (Å²) >= 11 is 0. The zero-order valence-corrected chi connectivity index (χ0v) is 12.6. The van der Waals surface area contributed by atoms with Crippen molar-refractivity contribution in [3.63, 3.8) is 0 Å². The van der Waals surface area contributed by atoms with Gasteiger partial charge in [0, 0.05) is 37.1 Å². The maximum absolute atomic E-state index is 12.3. The fraction of sp³-hybridized carbons (Fsp3) is 0.500. The van der Waals surface area contributed by atoms with E-state index in [9.17, 15) is 4.79 Å². The van der Waals surface area contributed by atoms with Crippen molar-refractivity contribution in [1.82, 2.24) is 14.3 Å². The Bertz CT molecular complexity index is 676. The smallest absolute Gasteiger partial charge is 0.165 e. The minimum atomic E-state index is 0.0365. The SMILES string of the molecule is CCc1nn(C)cc1-n1ccc2c1CC(C)(C)CC2=O. The number of carbonyl (C=O) groups excluding carboxylic acids is 1. The monoisotopic (exact) mass is 271 g/mol. The van der Waals surface area contributed by atoms with Crippen LogP contribution in [-0.4, -0.2) is 20.1 Å². The Kier molecular flexibility index (Phi) is 2.85. The van der Waals surface area contributed by atoms with Crippen molar-refractivity contribution >= 4 is 5.78 Å². The quantitative estimate of drug-likeness (QED) is 0.842. The molecule has 0 unspecified atom stereocenters. The number of hydrogen-bond donors (Lipinski definition) is 0. The van der Waals surface area contributed by atoms with Gasteiger partial charge in [0.25, 0.3) is 0 Å². The third-order valence-corrected chi connectivity index (χ3v) is 4.06. The van der Waals surface area contributed by atoms with E-state index < -0.39 is 0 Å². The van der Waals surface area contributed by atoms with Crippen LogP contribution in [0.15, 0.2) is 18.5 Å². The molecule has 0 bridgehead atoms. The molecule has 20 heavy (non-hydrogen) atoms. The molecule has 106 valence electrons. The molecule has 0 saturated heterocycles. The third kappa shape index (κ3) is 1.99. The standard InChI is InChI=1S/C16H21N3O/c1-5-12-14(10-18(4)17-12)19-7-6-11-13(19)8-16(2,3)9-15(11)20/h6-7,10H,5,8-9H2,1-4H3. The second kappa shape index (κ2) is 4.33. The van der Waals surface area contributed by atoms with E-state index in [4.69, 9.17) is 0 Å². The van der Waals surface area contributed by atoms with Crippen LogP contribution in [0.3, 0.4) is 0 Å². The lowest BCUT2D eigenvalue weighted by Gasteiger charge is -2.29. The first kappa shape index (κ1) is 13.2. The van der Waals surface area contributed by atoms with Crippen molar-refractivity contribution in [1.29, 1.82) is 0 Å². The molecular weight excluding hydrogens is 250 g/mol. The van der Waals surface area contributed by atoms with E-state index in [1.165, 1.54) is 0 Å². The molecule has 1 aliphatic rings. The molecule has 3 rings (SSSR count). The first-order chi connectivity index (χ1) is 9.41. The second-order valence-electron chi connectivity index (χ2n) is 6.48. The summed E-state index contributed by atoms with van der Waals surface area (Å²) in [6.07, 6.45) is 6.50. The van der Waals surface area contributed by atoms with Crippen LogP contribution in [0.25, 0.3) is 5.69 Å². The van der Waals surface area contributed by atoms with Crippen LogP contribution in [0.5, 0.6) is 0 Å². The van der Waals surface area contributed by atoms with Crippen LogP contribution in [0.1, 0.15) is 48.9 Å². The lowest BCUT2D eigenvalue weighted by Crippen LogP contribution is -2.27. The molecule has 0 amide bonds. The number of Topliss-reactive ketones (excluding diaryl/α,β-unsaturated/α-hetero) is 1. The number of aryl methyl sites for hydroxylation is 2. The van der Waals surface area contributed by atoms with E-state index in [0.29, 0.717) is 6.42 Å². The Balaban J connectivity index is 2.15. The molecule has 0 aromatic carbocycles. The Labute approximate surface area is 119 Å². The van der Waals surface area contributed by atoms with Gasteiger partial charge in [-0.05, 0) is 24.3 Å². The average molecular weight is 271 g/mol. The van der Waals surface area contributed by atoms with Crippen LogP contribution in [0.4, 0.5) is 0 Å². The van der Waals surface area contributed by atoms with Crippen LogP contribution >= 0.6 is 0 Å². The summed E-state index contributed by atoms with van der Waals surface area (Å²) < 4.78 is 4.00. The Hall–Kier alpha value is -1.84. The van der Waals surface area contributed by atoms with E-state index in [0.717, 1.165) is 35.5 Å². The summed E-state index contributed by atoms with van der Waals surface area (Å²) in [5, 5.41) is 4.50. The minimum Gasteiger partial charge on any atom is -0.317 e. The molecule has 0 aliphatic heterocycles. The zero-order valence-electron chi connectivity index (χ0n) is 12.6. The van der Waals surface area contributed by atoms with Gasteiger partial charge < -0.3 is 4.57 Å². The van der Waals surface area contributed by atoms with Gasteiger partial charge in [0.1, 0.15) is 0 Å². The van der Waals surface area contributed by atoms with Gasteiger partial charge in [-0.2, -0.15) is 5.10 Å². The molecule has 0 saturated carbocycles. The van der Waals surface area contributed by atoms with Gasteiger partial charge in [0.2, 0.25) is 0 Å². The second-order valence-corrected chi connectivity index (χ2v) is 6.48. The lowest BCUT2D eigenvalue weighted by molar-refractivity contribution is 0.0911. The maximum Gasteiger partial charge on any atom is 0.165 e. The van der Waals surface area contributed by atoms with Crippen molar-refractivity contribution in [3.05, 3.63) is 35.4 Å². The Morgan fingerprint density at radius 3 is 2.80 bits per heavy atom. The number of fused-ring (bicyclic) bond motifs is 1. The van der Waals surface area contributed by atoms with Crippen LogP contribution < -0.4 is 0 Å². The van der Waals surface area contributed by atoms with Crippen molar-refractivity contribution in [2.45, 2.75) is 40.0 Å². The fourth-order valence-electron chi connectivity index (χ4n) is 3.15. The zero-order chi connectivity index (χ0) is 14.5. The number of nitrogens with zero attached hydrogens (tertiary/aromatic N) is 3. The maximum atomic E-state index is 12.3. The normalized spacial score (nSPS) is 17.3. The molecule has 0 radical (unpaired) electrons. The van der Waals surface area contributed by atoms with Gasteiger partial charge >= 0.3 is 0 Å². The molecule has 0 N–H and O–H groups in total. The van der Waals surface area contributed by atoms with Crippen LogP contribution in [0, 0.1) is 5.41 Å². The van der Waals surface area contributed by atoms with E-state index in [-0.39, 0.29) is 11.2 Å². The number of hydrogen-bond acceptors (Lipinski definition) is 2. The average Bonchev–Trinajstić information content (AvgIpc) is 2.90. The highest BCUT2D eigenvalue weighted by Gasteiger charge is 2.33. The summed E-state index contributed by atoms with van der Waals surface area (Å²) in [4.78, 5) is 12.3. The van der Waals surface area contributed by atoms with Crippen molar-refractivity contribution < 1.29 is 4.79 Å². The van der Waals surface area contributed by atoms with Gasteiger partial charge in [-0.3, -0.25) is 9.48 Å². The summed E-state index contributed by atoms with van der Waals surface area (Å²) in [5.74, 6) is 0.261. The molecule has 2 aromatic heterocycles. The van der Waals surface area contributed by atoms with Gasteiger partial charge in [0.15, 0.2) is 5.78 Å². The Morgan fingerprint density at radius 2 is 2.10 bits per heavy atom. The van der Waals surface area contributed by atoms with Crippen LogP contribution in [-0.2, 0) is 19.9 Å². The molecule has 2 aromatic rings. The van der Waals surface area contributed by atoms with E-state index in [2.05, 4.69) is 30.4 Å². The molecule has 0 fully saturated rings. The summed E-state index contributed by atoms with van der Waals surface area (Å²) in [7, 11) is 1.94. The molecular formula is C16H21N3O. The fourth-order valence-corrected chi connectivity index (χ4v) is 3.15. The highest BCUT2D eigenvalue weighted by Crippen LogP contribution is 2.36. The molecule has 0 atom stereocenters. The lowest BCUT2D eigenvalue weighted by atomic mass is 9.76. The van der Waals surface area contributed by atoms with Crippen LogP contribution in [0.2, 0.25) is 0 Å². The molecule has 4 nitrogen and oxygen atoms in total. The van der Waals surface area contributed by atoms with Crippen molar-refractivity contribution in [2.75, 3.05) is 0 Å². The summed E-state index contributed by atoms with van der Waals surface area (Å²) in [5.41, 5.74) is 4.22. The van der Waals surface area contributed by atoms with Crippen molar-refractivity contribution in [3.8, 4) is 5.69 Å². The third-order valence-electron chi connectivity index (χ3n) is 4.06. The summed E-state index contributed by atoms with van der Waals surface area (Å²) in [6, 6.07) is 1.96. The number of ketones is 1. The largest absolute Gasteiger partial charge is 0.317 e. The van der Waals surface area contributed by atoms with Gasteiger partial charge in [-0.1, -0.05) is 20.8 Å². The van der Waals surface area contributed by atoms with E-state index >= 15 is 0 Å². The van der Waals surface area contributed by atoms with Gasteiger partial charge in [-0.25, -0.2) is 0 Å². The minimum absolute atomic E-state index is 0.0365. The predicted molar refractivity (Wildman–Crippen MR) is 78.3 cm³/mol. The van der Waals surface area contributed by atoms with Gasteiger partial charge in [-0.15, -0.1) is 0 Å². The van der Waals surface area contributed by atoms with E-state index in [1.807, 2.05) is 30.2 Å². The molecule has 0 spiro atoms. The first-order valence-corrected chi connectivity index (χ1v) is 7.17. The number of rotatable bonds is 2. The topological polar surface area (TPSA) is 39.8 Å². The van der Waals surface area contributed by atoms with E-state index in [1.54, 1.807) is 0 Å².